The Hall–Kier alpha value is -3.04. The average molecular weight is 483 g/mol. The fourth-order valence-corrected chi connectivity index (χ4v) is 5.75. The Labute approximate surface area is 197 Å². The second kappa shape index (κ2) is 9.44. The number of carbonyl (C=O) groups is 1. The van der Waals surface area contributed by atoms with E-state index in [0.29, 0.717) is 27.9 Å². The summed E-state index contributed by atoms with van der Waals surface area (Å²) in [5.41, 5.74) is 1.86. The fraction of sp³-hybridized carbons (Fsp3) is 0.292. The van der Waals surface area contributed by atoms with E-state index in [0.717, 1.165) is 15.4 Å². The van der Waals surface area contributed by atoms with Crippen LogP contribution in [0.1, 0.15) is 41.5 Å². The van der Waals surface area contributed by atoms with Gasteiger partial charge in [0.15, 0.2) is 15.5 Å². The van der Waals surface area contributed by atoms with Gasteiger partial charge >= 0.3 is 0 Å². The second-order valence-corrected chi connectivity index (χ2v) is 11.5. The monoisotopic (exact) mass is 482 g/mol. The van der Waals surface area contributed by atoms with Crippen LogP contribution in [0.15, 0.2) is 59.6 Å². The van der Waals surface area contributed by atoms with Crippen molar-refractivity contribution < 1.29 is 13.2 Å². The smallest absolute Gasteiger partial charge is 0.252 e. The molecule has 4 rings (SSSR count). The van der Waals surface area contributed by atoms with Crippen LogP contribution in [0.25, 0.3) is 21.6 Å². The molecule has 4 aromatic rings. The molecule has 0 atom stereocenters. The number of pyridine rings is 1. The molecule has 0 spiro atoms. The summed E-state index contributed by atoms with van der Waals surface area (Å²) in [6.07, 6.45) is 1.99. The average Bonchev–Trinajstić information content (AvgIpc) is 3.43. The maximum Gasteiger partial charge on any atom is 0.252 e. The van der Waals surface area contributed by atoms with E-state index < -0.39 is 9.84 Å². The van der Waals surface area contributed by atoms with Gasteiger partial charge in [-0.15, -0.1) is 11.3 Å². The van der Waals surface area contributed by atoms with Gasteiger partial charge in [0.05, 0.1) is 38.4 Å². The zero-order valence-electron chi connectivity index (χ0n) is 18.8. The van der Waals surface area contributed by atoms with Crippen molar-refractivity contribution in [3.05, 3.63) is 65.2 Å². The number of sulfone groups is 1. The minimum absolute atomic E-state index is 0.0337. The SMILES string of the molecule is Cc1ccc(-c2cc(C(=O)NCCCS(=O)(=O)c3ccccc3)c3cnn(C(C)C)c3n2)s1. The highest BCUT2D eigenvalue weighted by molar-refractivity contribution is 7.91. The predicted octanol–water partition coefficient (Wildman–Crippen LogP) is 4.64. The van der Waals surface area contributed by atoms with Crippen LogP contribution in [0.4, 0.5) is 0 Å². The van der Waals surface area contributed by atoms with Crippen molar-refractivity contribution in [2.45, 2.75) is 38.1 Å². The number of carbonyl (C=O) groups excluding carboxylic acids is 1. The van der Waals surface area contributed by atoms with Crippen LogP contribution in [-0.4, -0.2) is 41.4 Å². The van der Waals surface area contributed by atoms with Gasteiger partial charge in [-0.1, -0.05) is 18.2 Å². The van der Waals surface area contributed by atoms with Crippen molar-refractivity contribution in [2.24, 2.45) is 0 Å². The van der Waals surface area contributed by atoms with Crippen LogP contribution in [0.5, 0.6) is 0 Å². The quantitative estimate of drug-likeness (QED) is 0.369. The number of benzene rings is 1. The Morgan fingerprint density at radius 2 is 1.91 bits per heavy atom. The summed E-state index contributed by atoms with van der Waals surface area (Å²) in [6, 6.07) is 14.3. The molecule has 3 aromatic heterocycles. The van der Waals surface area contributed by atoms with Crippen molar-refractivity contribution in [3.63, 3.8) is 0 Å². The fourth-order valence-electron chi connectivity index (χ4n) is 3.59. The summed E-state index contributed by atoms with van der Waals surface area (Å²) in [6.45, 7) is 6.31. The molecule has 33 heavy (non-hydrogen) atoms. The lowest BCUT2D eigenvalue weighted by Gasteiger charge is -2.11. The Balaban J connectivity index is 1.55. The van der Waals surface area contributed by atoms with Gasteiger partial charge in [-0.25, -0.2) is 18.1 Å². The molecule has 172 valence electrons. The van der Waals surface area contributed by atoms with Gasteiger partial charge in [-0.2, -0.15) is 5.10 Å². The molecule has 0 aliphatic heterocycles. The van der Waals surface area contributed by atoms with E-state index in [1.807, 2.05) is 37.6 Å². The molecule has 0 fully saturated rings. The van der Waals surface area contributed by atoms with Crippen molar-refractivity contribution in [1.82, 2.24) is 20.1 Å². The molecule has 3 heterocycles. The number of nitrogens with zero attached hydrogens (tertiary/aromatic N) is 3. The minimum atomic E-state index is -3.38. The van der Waals surface area contributed by atoms with E-state index in [9.17, 15) is 13.2 Å². The van der Waals surface area contributed by atoms with Crippen molar-refractivity contribution in [3.8, 4) is 10.6 Å². The van der Waals surface area contributed by atoms with E-state index in [2.05, 4.69) is 10.4 Å². The third-order valence-electron chi connectivity index (χ3n) is 5.27. The van der Waals surface area contributed by atoms with Crippen molar-refractivity contribution in [2.75, 3.05) is 12.3 Å². The summed E-state index contributed by atoms with van der Waals surface area (Å²) in [5.74, 6) is -0.300. The number of aryl methyl sites for hydroxylation is 1. The van der Waals surface area contributed by atoms with Crippen LogP contribution in [0, 0.1) is 6.92 Å². The third-order valence-corrected chi connectivity index (χ3v) is 8.11. The minimum Gasteiger partial charge on any atom is -0.352 e. The maximum absolute atomic E-state index is 13.1. The topological polar surface area (TPSA) is 94.0 Å². The Bertz CT molecular complexity index is 1390. The van der Waals surface area contributed by atoms with E-state index in [1.165, 1.54) is 0 Å². The van der Waals surface area contributed by atoms with E-state index in [-0.39, 0.29) is 24.2 Å². The van der Waals surface area contributed by atoms with Gasteiger partial charge < -0.3 is 5.32 Å². The highest BCUT2D eigenvalue weighted by atomic mass is 32.2. The summed E-state index contributed by atoms with van der Waals surface area (Å²) < 4.78 is 26.7. The lowest BCUT2D eigenvalue weighted by molar-refractivity contribution is 0.0955. The van der Waals surface area contributed by atoms with E-state index in [1.54, 1.807) is 53.9 Å². The first kappa shape index (κ1) is 23.1. The second-order valence-electron chi connectivity index (χ2n) is 8.13. The molecule has 7 nitrogen and oxygen atoms in total. The maximum atomic E-state index is 13.1. The first-order valence-electron chi connectivity index (χ1n) is 10.8. The summed E-state index contributed by atoms with van der Waals surface area (Å²) in [7, 11) is -3.38. The van der Waals surface area contributed by atoms with Crippen LogP contribution in [0.2, 0.25) is 0 Å². The Morgan fingerprint density at radius 3 is 2.58 bits per heavy atom. The first-order valence-corrected chi connectivity index (χ1v) is 13.2. The molecule has 0 saturated heterocycles. The lowest BCUT2D eigenvalue weighted by atomic mass is 10.1. The molecule has 0 bridgehead atoms. The largest absolute Gasteiger partial charge is 0.352 e. The standard InChI is InChI=1S/C24H26N4O3S2/c1-16(2)28-23-20(15-26-28)19(14-21(27-23)22-11-10-17(3)32-22)24(29)25-12-7-13-33(30,31)18-8-5-4-6-9-18/h4-6,8-11,14-16H,7,12-13H2,1-3H3,(H,25,29). The molecule has 1 amide bonds. The summed E-state index contributed by atoms with van der Waals surface area (Å²) >= 11 is 1.62. The van der Waals surface area contributed by atoms with Gasteiger partial charge in [-0.3, -0.25) is 4.79 Å². The van der Waals surface area contributed by atoms with Gasteiger partial charge in [0.25, 0.3) is 5.91 Å². The highest BCUT2D eigenvalue weighted by Crippen LogP contribution is 2.30. The molecule has 0 unspecified atom stereocenters. The third kappa shape index (κ3) is 4.99. The molecule has 9 heteroatoms. The number of thiophene rings is 1. The lowest BCUT2D eigenvalue weighted by Crippen LogP contribution is -2.26. The van der Waals surface area contributed by atoms with Crippen LogP contribution in [0.3, 0.4) is 0 Å². The molecule has 0 radical (unpaired) electrons. The number of fused-ring (bicyclic) bond motifs is 1. The molecule has 1 N–H and O–H groups in total. The Morgan fingerprint density at radius 1 is 1.15 bits per heavy atom. The van der Waals surface area contributed by atoms with Crippen molar-refractivity contribution in [1.29, 1.82) is 0 Å². The molecule has 0 saturated carbocycles. The number of nitrogens with one attached hydrogen (secondary N) is 1. The Kier molecular flexibility index (Phi) is 6.62. The van der Waals surface area contributed by atoms with Crippen molar-refractivity contribution >= 4 is 38.1 Å². The molecule has 0 aliphatic rings. The number of hydrogen-bond donors (Lipinski definition) is 1. The molecular formula is C24H26N4O3S2. The van der Waals surface area contributed by atoms with Gasteiger partial charge in [0, 0.05) is 17.5 Å². The highest BCUT2D eigenvalue weighted by Gasteiger charge is 2.19. The molecular weight excluding hydrogens is 456 g/mol. The van der Waals surface area contributed by atoms with Crippen LogP contribution in [-0.2, 0) is 9.84 Å². The van der Waals surface area contributed by atoms with E-state index >= 15 is 0 Å². The number of aromatic nitrogens is 3. The zero-order chi connectivity index (χ0) is 23.6. The number of hydrogen-bond acceptors (Lipinski definition) is 6. The summed E-state index contributed by atoms with van der Waals surface area (Å²) in [4.78, 5) is 20.3. The zero-order valence-corrected chi connectivity index (χ0v) is 20.4. The van der Waals surface area contributed by atoms with Gasteiger partial charge in [0.1, 0.15) is 0 Å². The first-order chi connectivity index (χ1) is 15.8. The number of amides is 1. The van der Waals surface area contributed by atoms with Gasteiger partial charge in [-0.05, 0) is 57.5 Å². The van der Waals surface area contributed by atoms with E-state index in [4.69, 9.17) is 4.98 Å². The van der Waals surface area contributed by atoms with Crippen LogP contribution >= 0.6 is 11.3 Å². The predicted molar refractivity (Wildman–Crippen MR) is 131 cm³/mol. The number of rotatable bonds is 8. The summed E-state index contributed by atoms with van der Waals surface area (Å²) in [5, 5.41) is 7.99. The molecule has 0 aliphatic carbocycles. The molecule has 1 aromatic carbocycles. The van der Waals surface area contributed by atoms with Gasteiger partial charge in [0.2, 0.25) is 0 Å². The van der Waals surface area contributed by atoms with Crippen LogP contribution < -0.4 is 5.32 Å². The normalized spacial score (nSPS) is 11.9.